The predicted molar refractivity (Wildman–Crippen MR) is 68.9 cm³/mol. The third-order valence-corrected chi connectivity index (χ3v) is 3.27. The minimum absolute atomic E-state index is 0.467. The number of hydrogen-bond acceptors (Lipinski definition) is 2. The third-order valence-electron chi connectivity index (χ3n) is 3.27. The molecule has 0 radical (unpaired) electrons. The van der Waals surface area contributed by atoms with E-state index in [4.69, 9.17) is 0 Å². The van der Waals surface area contributed by atoms with Gasteiger partial charge in [-0.25, -0.2) is 0 Å². The van der Waals surface area contributed by atoms with Crippen molar-refractivity contribution in [2.24, 2.45) is 0 Å². The molecule has 16 heavy (non-hydrogen) atoms. The van der Waals surface area contributed by atoms with Crippen molar-refractivity contribution in [2.45, 2.75) is 60.0 Å². The van der Waals surface area contributed by atoms with E-state index in [-0.39, 0.29) is 0 Å². The van der Waals surface area contributed by atoms with E-state index in [1.807, 2.05) is 0 Å². The van der Waals surface area contributed by atoms with Crippen molar-refractivity contribution in [1.82, 2.24) is 15.1 Å². The van der Waals surface area contributed by atoms with E-state index in [9.17, 15) is 0 Å². The van der Waals surface area contributed by atoms with Gasteiger partial charge < -0.3 is 5.32 Å². The molecule has 0 aliphatic rings. The lowest BCUT2D eigenvalue weighted by Crippen LogP contribution is -2.31. The Morgan fingerprint density at radius 1 is 1.25 bits per heavy atom. The summed E-state index contributed by atoms with van der Waals surface area (Å²) in [7, 11) is 0. The second kappa shape index (κ2) is 5.48. The van der Waals surface area contributed by atoms with Crippen LogP contribution in [0.25, 0.3) is 0 Å². The molecule has 0 aromatic carbocycles. The molecule has 0 aliphatic carbocycles. The second-order valence-electron chi connectivity index (χ2n) is 4.87. The van der Waals surface area contributed by atoms with E-state index in [2.05, 4.69) is 56.6 Å². The Morgan fingerprint density at radius 3 is 2.25 bits per heavy atom. The fourth-order valence-corrected chi connectivity index (χ4v) is 1.88. The van der Waals surface area contributed by atoms with E-state index in [1.165, 1.54) is 11.3 Å². The Kier molecular flexibility index (Phi) is 4.54. The average molecular weight is 223 g/mol. The average Bonchev–Trinajstić information content (AvgIpc) is 2.47. The number of aromatic nitrogens is 2. The van der Waals surface area contributed by atoms with Crippen molar-refractivity contribution in [3.05, 3.63) is 17.0 Å². The molecule has 0 saturated heterocycles. The first kappa shape index (κ1) is 13.2. The minimum Gasteiger partial charge on any atom is -0.312 e. The zero-order valence-electron chi connectivity index (χ0n) is 11.5. The molecule has 1 aromatic rings. The van der Waals surface area contributed by atoms with E-state index in [0.717, 1.165) is 18.7 Å². The highest BCUT2D eigenvalue weighted by Crippen LogP contribution is 2.18. The van der Waals surface area contributed by atoms with Crippen LogP contribution in [0.5, 0.6) is 0 Å². The second-order valence-corrected chi connectivity index (χ2v) is 4.87. The maximum Gasteiger partial charge on any atom is 0.0644 e. The quantitative estimate of drug-likeness (QED) is 0.832. The SMILES string of the molecule is CCC(CNC(C)C)n1nc(C)c(C)c1C. The molecule has 0 aliphatic heterocycles. The molecule has 0 amide bonds. The summed E-state index contributed by atoms with van der Waals surface area (Å²) in [4.78, 5) is 0. The van der Waals surface area contributed by atoms with Crippen LogP contribution in [0.15, 0.2) is 0 Å². The Balaban J connectivity index is 2.82. The molecular formula is C13H25N3. The molecule has 0 fully saturated rings. The van der Waals surface area contributed by atoms with Crippen LogP contribution in [0.4, 0.5) is 0 Å². The van der Waals surface area contributed by atoms with Gasteiger partial charge in [0.2, 0.25) is 0 Å². The third kappa shape index (κ3) is 2.85. The van der Waals surface area contributed by atoms with Crippen molar-refractivity contribution in [3.8, 4) is 0 Å². The molecule has 1 atom stereocenters. The van der Waals surface area contributed by atoms with Crippen LogP contribution in [-0.4, -0.2) is 22.4 Å². The summed E-state index contributed by atoms with van der Waals surface area (Å²) in [5.41, 5.74) is 3.78. The van der Waals surface area contributed by atoms with Crippen molar-refractivity contribution in [1.29, 1.82) is 0 Å². The molecule has 0 spiro atoms. The van der Waals surface area contributed by atoms with Gasteiger partial charge in [0.15, 0.2) is 0 Å². The zero-order valence-corrected chi connectivity index (χ0v) is 11.5. The van der Waals surface area contributed by atoms with Gasteiger partial charge in [0.25, 0.3) is 0 Å². The summed E-state index contributed by atoms with van der Waals surface area (Å²) < 4.78 is 2.18. The van der Waals surface area contributed by atoms with Crippen LogP contribution < -0.4 is 5.32 Å². The van der Waals surface area contributed by atoms with Crippen LogP contribution in [-0.2, 0) is 0 Å². The fraction of sp³-hybridized carbons (Fsp3) is 0.769. The molecule has 1 heterocycles. The van der Waals surface area contributed by atoms with Gasteiger partial charge in [-0.2, -0.15) is 5.10 Å². The summed E-state index contributed by atoms with van der Waals surface area (Å²) in [5, 5.41) is 8.13. The van der Waals surface area contributed by atoms with Crippen LogP contribution >= 0.6 is 0 Å². The lowest BCUT2D eigenvalue weighted by molar-refractivity contribution is 0.389. The molecule has 1 unspecified atom stereocenters. The Labute approximate surface area is 99.2 Å². The maximum absolute atomic E-state index is 4.64. The summed E-state index contributed by atoms with van der Waals surface area (Å²) in [6, 6.07) is 1.00. The normalized spacial score (nSPS) is 13.4. The highest BCUT2D eigenvalue weighted by Gasteiger charge is 2.15. The lowest BCUT2D eigenvalue weighted by Gasteiger charge is -2.19. The van der Waals surface area contributed by atoms with Gasteiger partial charge in [-0.15, -0.1) is 0 Å². The fourth-order valence-electron chi connectivity index (χ4n) is 1.88. The predicted octanol–water partition coefficient (Wildman–Crippen LogP) is 2.76. The maximum atomic E-state index is 4.64. The largest absolute Gasteiger partial charge is 0.312 e. The Morgan fingerprint density at radius 2 is 1.88 bits per heavy atom. The molecule has 1 aromatic heterocycles. The van der Waals surface area contributed by atoms with E-state index in [0.29, 0.717) is 12.1 Å². The summed E-state index contributed by atoms with van der Waals surface area (Å²) >= 11 is 0. The van der Waals surface area contributed by atoms with Gasteiger partial charge in [0.1, 0.15) is 0 Å². The van der Waals surface area contributed by atoms with Crippen LogP contribution in [0.1, 0.15) is 50.2 Å². The van der Waals surface area contributed by atoms with Crippen molar-refractivity contribution < 1.29 is 0 Å². The zero-order chi connectivity index (χ0) is 12.3. The first-order valence-electron chi connectivity index (χ1n) is 6.23. The number of hydrogen-bond donors (Lipinski definition) is 1. The standard InChI is InChI=1S/C13H25N3/c1-7-13(8-14-9(2)3)16-12(6)10(4)11(5)15-16/h9,13-14H,7-8H2,1-6H3. The van der Waals surface area contributed by atoms with Crippen molar-refractivity contribution in [3.63, 3.8) is 0 Å². The van der Waals surface area contributed by atoms with E-state index >= 15 is 0 Å². The van der Waals surface area contributed by atoms with Crippen LogP contribution in [0.2, 0.25) is 0 Å². The lowest BCUT2D eigenvalue weighted by atomic mass is 10.2. The van der Waals surface area contributed by atoms with Gasteiger partial charge in [0, 0.05) is 18.3 Å². The topological polar surface area (TPSA) is 29.9 Å². The van der Waals surface area contributed by atoms with Gasteiger partial charge in [-0.1, -0.05) is 20.8 Å². The van der Waals surface area contributed by atoms with E-state index in [1.54, 1.807) is 0 Å². The molecule has 92 valence electrons. The summed E-state index contributed by atoms with van der Waals surface area (Å²) in [6.45, 7) is 14.0. The Hall–Kier alpha value is -0.830. The number of nitrogens with zero attached hydrogens (tertiary/aromatic N) is 2. The molecule has 1 N–H and O–H groups in total. The molecule has 1 rings (SSSR count). The number of aryl methyl sites for hydroxylation is 1. The number of nitrogens with one attached hydrogen (secondary N) is 1. The van der Waals surface area contributed by atoms with Gasteiger partial charge in [-0.3, -0.25) is 4.68 Å². The molecule has 0 bridgehead atoms. The highest BCUT2D eigenvalue weighted by molar-refractivity contribution is 5.22. The molecule has 3 nitrogen and oxygen atoms in total. The molecular weight excluding hydrogens is 198 g/mol. The number of rotatable bonds is 5. The summed E-state index contributed by atoms with van der Waals surface area (Å²) in [5.74, 6) is 0. The van der Waals surface area contributed by atoms with Crippen molar-refractivity contribution >= 4 is 0 Å². The summed E-state index contributed by atoms with van der Waals surface area (Å²) in [6.07, 6.45) is 1.11. The highest BCUT2D eigenvalue weighted by atomic mass is 15.3. The van der Waals surface area contributed by atoms with Gasteiger partial charge in [0.05, 0.1) is 11.7 Å². The van der Waals surface area contributed by atoms with Gasteiger partial charge in [-0.05, 0) is 32.8 Å². The van der Waals surface area contributed by atoms with Gasteiger partial charge >= 0.3 is 0 Å². The van der Waals surface area contributed by atoms with Crippen molar-refractivity contribution in [2.75, 3.05) is 6.54 Å². The minimum atomic E-state index is 0.467. The first-order chi connectivity index (χ1) is 7.47. The molecule has 0 saturated carbocycles. The first-order valence-corrected chi connectivity index (χ1v) is 6.23. The van der Waals surface area contributed by atoms with Crippen LogP contribution in [0.3, 0.4) is 0 Å². The molecule has 3 heteroatoms. The smallest absolute Gasteiger partial charge is 0.0644 e. The Bertz CT molecular complexity index is 339. The monoisotopic (exact) mass is 223 g/mol. The van der Waals surface area contributed by atoms with E-state index < -0.39 is 0 Å². The van der Waals surface area contributed by atoms with Crippen LogP contribution in [0, 0.1) is 20.8 Å².